The number of hydrogen-bond acceptors (Lipinski definition) is 3. The lowest BCUT2D eigenvalue weighted by atomic mass is 9.80. The SMILES string of the molecule is CCOCCCN1C(=O)NC(=O)C12CCCCC2. The van der Waals surface area contributed by atoms with Crippen LogP contribution in [-0.4, -0.2) is 42.1 Å². The van der Waals surface area contributed by atoms with Crippen molar-refractivity contribution in [2.75, 3.05) is 19.8 Å². The van der Waals surface area contributed by atoms with Crippen LogP contribution in [0.25, 0.3) is 0 Å². The van der Waals surface area contributed by atoms with Gasteiger partial charge in [0, 0.05) is 19.8 Å². The molecule has 102 valence electrons. The van der Waals surface area contributed by atoms with Gasteiger partial charge in [-0.05, 0) is 26.2 Å². The Morgan fingerprint density at radius 2 is 2.00 bits per heavy atom. The summed E-state index contributed by atoms with van der Waals surface area (Å²) in [7, 11) is 0. The zero-order valence-corrected chi connectivity index (χ0v) is 11.0. The van der Waals surface area contributed by atoms with E-state index in [0.29, 0.717) is 19.8 Å². The second-order valence-corrected chi connectivity index (χ2v) is 5.05. The number of carbonyl (C=O) groups is 2. The van der Waals surface area contributed by atoms with Gasteiger partial charge in [-0.25, -0.2) is 4.79 Å². The zero-order chi connectivity index (χ0) is 13.0. The fourth-order valence-electron chi connectivity index (χ4n) is 3.02. The first kappa shape index (κ1) is 13.3. The Kier molecular flexibility index (Phi) is 4.22. The summed E-state index contributed by atoms with van der Waals surface area (Å²) in [4.78, 5) is 25.7. The van der Waals surface area contributed by atoms with E-state index in [9.17, 15) is 9.59 Å². The van der Waals surface area contributed by atoms with Gasteiger partial charge < -0.3 is 9.64 Å². The van der Waals surface area contributed by atoms with E-state index >= 15 is 0 Å². The number of carbonyl (C=O) groups excluding carboxylic acids is 2. The molecule has 18 heavy (non-hydrogen) atoms. The van der Waals surface area contributed by atoms with E-state index in [4.69, 9.17) is 4.74 Å². The summed E-state index contributed by atoms with van der Waals surface area (Å²) in [6.07, 6.45) is 5.62. The molecule has 1 saturated carbocycles. The van der Waals surface area contributed by atoms with E-state index in [1.54, 1.807) is 4.90 Å². The van der Waals surface area contributed by atoms with E-state index in [0.717, 1.165) is 38.5 Å². The zero-order valence-electron chi connectivity index (χ0n) is 11.0. The van der Waals surface area contributed by atoms with E-state index in [2.05, 4.69) is 5.32 Å². The lowest BCUT2D eigenvalue weighted by Gasteiger charge is -2.38. The van der Waals surface area contributed by atoms with Crippen LogP contribution >= 0.6 is 0 Å². The van der Waals surface area contributed by atoms with Gasteiger partial charge in [0.1, 0.15) is 5.54 Å². The standard InChI is InChI=1S/C13H22N2O3/c1-2-18-10-6-9-15-12(17)14-11(16)13(15)7-4-3-5-8-13/h2-10H2,1H3,(H,14,16,17). The second kappa shape index (κ2) is 5.69. The second-order valence-electron chi connectivity index (χ2n) is 5.05. The quantitative estimate of drug-likeness (QED) is 0.599. The highest BCUT2D eigenvalue weighted by Crippen LogP contribution is 2.37. The summed E-state index contributed by atoms with van der Waals surface area (Å²) < 4.78 is 5.29. The summed E-state index contributed by atoms with van der Waals surface area (Å²) in [6.45, 7) is 3.90. The maximum absolute atomic E-state index is 12.1. The first-order valence-corrected chi connectivity index (χ1v) is 6.91. The Morgan fingerprint density at radius 3 is 2.67 bits per heavy atom. The number of urea groups is 1. The van der Waals surface area contributed by atoms with Gasteiger partial charge in [0.2, 0.25) is 0 Å². The van der Waals surface area contributed by atoms with Crippen LogP contribution in [0.1, 0.15) is 45.4 Å². The Balaban J connectivity index is 2.00. The van der Waals surface area contributed by atoms with E-state index in [1.165, 1.54) is 0 Å². The van der Waals surface area contributed by atoms with Crippen LogP contribution in [0.5, 0.6) is 0 Å². The van der Waals surface area contributed by atoms with Crippen molar-refractivity contribution in [3.05, 3.63) is 0 Å². The first-order valence-electron chi connectivity index (χ1n) is 6.91. The van der Waals surface area contributed by atoms with Gasteiger partial charge in [-0.3, -0.25) is 10.1 Å². The van der Waals surface area contributed by atoms with Crippen molar-refractivity contribution in [2.45, 2.75) is 51.0 Å². The van der Waals surface area contributed by atoms with Crippen LogP contribution in [0, 0.1) is 0 Å². The molecule has 1 aliphatic heterocycles. The lowest BCUT2D eigenvalue weighted by molar-refractivity contribution is -0.128. The van der Waals surface area contributed by atoms with Crippen LogP contribution in [-0.2, 0) is 9.53 Å². The van der Waals surface area contributed by atoms with Gasteiger partial charge >= 0.3 is 6.03 Å². The number of nitrogens with one attached hydrogen (secondary N) is 1. The van der Waals surface area contributed by atoms with Gasteiger partial charge in [-0.1, -0.05) is 19.3 Å². The van der Waals surface area contributed by atoms with Crippen LogP contribution in [0.15, 0.2) is 0 Å². The molecule has 0 aromatic carbocycles. The number of imide groups is 1. The molecule has 0 unspecified atom stereocenters. The molecular weight excluding hydrogens is 232 g/mol. The minimum absolute atomic E-state index is 0.0939. The average Bonchev–Trinajstić information content (AvgIpc) is 2.59. The summed E-state index contributed by atoms with van der Waals surface area (Å²) in [6, 6.07) is -0.224. The Morgan fingerprint density at radius 1 is 1.28 bits per heavy atom. The topological polar surface area (TPSA) is 58.6 Å². The molecule has 1 heterocycles. The number of ether oxygens (including phenoxy) is 1. The third-order valence-corrected chi connectivity index (χ3v) is 3.96. The Labute approximate surface area is 108 Å². The normalized spacial score (nSPS) is 22.6. The molecule has 2 fully saturated rings. The van der Waals surface area contributed by atoms with Crippen molar-refractivity contribution >= 4 is 11.9 Å². The molecule has 0 aromatic heterocycles. The summed E-state index contributed by atoms with van der Waals surface area (Å²) in [5.74, 6) is -0.0939. The smallest absolute Gasteiger partial charge is 0.325 e. The average molecular weight is 254 g/mol. The molecule has 0 aromatic rings. The van der Waals surface area contributed by atoms with Crippen molar-refractivity contribution in [1.82, 2.24) is 10.2 Å². The van der Waals surface area contributed by atoms with Gasteiger partial charge in [-0.2, -0.15) is 0 Å². The predicted molar refractivity (Wildman–Crippen MR) is 67.2 cm³/mol. The van der Waals surface area contributed by atoms with E-state index < -0.39 is 5.54 Å². The fraction of sp³-hybridized carbons (Fsp3) is 0.846. The molecule has 2 rings (SSSR count). The summed E-state index contributed by atoms with van der Waals surface area (Å²) in [5.41, 5.74) is -0.554. The molecule has 0 atom stereocenters. The van der Waals surface area contributed by atoms with Crippen molar-refractivity contribution < 1.29 is 14.3 Å². The molecular formula is C13H22N2O3. The number of rotatable bonds is 5. The Hall–Kier alpha value is -1.10. The van der Waals surface area contributed by atoms with Crippen molar-refractivity contribution in [2.24, 2.45) is 0 Å². The van der Waals surface area contributed by atoms with Crippen molar-refractivity contribution in [1.29, 1.82) is 0 Å². The molecule has 2 aliphatic rings. The van der Waals surface area contributed by atoms with Crippen LogP contribution < -0.4 is 5.32 Å². The molecule has 3 amide bonds. The maximum atomic E-state index is 12.1. The molecule has 1 spiro atoms. The molecule has 5 heteroatoms. The highest BCUT2D eigenvalue weighted by Gasteiger charge is 2.52. The van der Waals surface area contributed by atoms with Gasteiger partial charge in [0.15, 0.2) is 0 Å². The van der Waals surface area contributed by atoms with Gasteiger partial charge in [-0.15, -0.1) is 0 Å². The minimum atomic E-state index is -0.554. The van der Waals surface area contributed by atoms with E-state index in [1.807, 2.05) is 6.92 Å². The molecule has 5 nitrogen and oxygen atoms in total. The van der Waals surface area contributed by atoms with Crippen LogP contribution in [0.3, 0.4) is 0 Å². The number of hydrogen-bond donors (Lipinski definition) is 1. The summed E-state index contributed by atoms with van der Waals surface area (Å²) >= 11 is 0. The predicted octanol–water partition coefficient (Wildman–Crippen LogP) is 1.67. The number of nitrogens with zero attached hydrogens (tertiary/aromatic N) is 1. The van der Waals surface area contributed by atoms with Crippen LogP contribution in [0.2, 0.25) is 0 Å². The third-order valence-electron chi connectivity index (χ3n) is 3.96. The summed E-state index contributed by atoms with van der Waals surface area (Å²) in [5, 5.41) is 2.48. The monoisotopic (exact) mass is 254 g/mol. The van der Waals surface area contributed by atoms with Crippen molar-refractivity contribution in [3.63, 3.8) is 0 Å². The molecule has 1 saturated heterocycles. The molecule has 1 aliphatic carbocycles. The van der Waals surface area contributed by atoms with Crippen LogP contribution in [0.4, 0.5) is 4.79 Å². The largest absolute Gasteiger partial charge is 0.382 e. The van der Waals surface area contributed by atoms with Gasteiger partial charge in [0.25, 0.3) is 5.91 Å². The van der Waals surface area contributed by atoms with E-state index in [-0.39, 0.29) is 11.9 Å². The Bertz CT molecular complexity index is 324. The highest BCUT2D eigenvalue weighted by atomic mass is 16.5. The molecule has 0 radical (unpaired) electrons. The minimum Gasteiger partial charge on any atom is -0.382 e. The first-order chi connectivity index (χ1) is 8.70. The molecule has 1 N–H and O–H groups in total. The molecule has 0 bridgehead atoms. The maximum Gasteiger partial charge on any atom is 0.325 e. The van der Waals surface area contributed by atoms with Crippen molar-refractivity contribution in [3.8, 4) is 0 Å². The lowest BCUT2D eigenvalue weighted by Crippen LogP contribution is -2.51. The fourth-order valence-corrected chi connectivity index (χ4v) is 3.02. The van der Waals surface area contributed by atoms with Gasteiger partial charge in [0.05, 0.1) is 0 Å². The highest BCUT2D eigenvalue weighted by molar-refractivity contribution is 6.07. The third kappa shape index (κ3) is 2.36. The number of amides is 3.